The van der Waals surface area contributed by atoms with E-state index in [1.54, 1.807) is 24.8 Å². The van der Waals surface area contributed by atoms with Crippen molar-refractivity contribution in [2.24, 2.45) is 0 Å². The fourth-order valence-corrected chi connectivity index (χ4v) is 3.97. The third-order valence-corrected chi connectivity index (χ3v) is 6.20. The molecule has 0 aliphatic rings. The van der Waals surface area contributed by atoms with Gasteiger partial charge in [-0.1, -0.05) is 24.3 Å². The quantitative estimate of drug-likeness (QED) is 0.118. The Morgan fingerprint density at radius 2 is 0.638 bits per heavy atom. The maximum absolute atomic E-state index is 11.2. The Bertz CT molecular complexity index is 1350. The number of aliphatic hydroxyl groups excluding tert-OH is 2. The second-order valence-electron chi connectivity index (χ2n) is 9.99. The van der Waals surface area contributed by atoms with E-state index in [9.17, 15) is 20.4 Å². The molecule has 4 aromatic rings. The van der Waals surface area contributed by atoms with Crippen molar-refractivity contribution in [3.63, 3.8) is 0 Å². The Morgan fingerprint density at radius 3 is 0.759 bits per heavy atom. The summed E-state index contributed by atoms with van der Waals surface area (Å²) in [5, 5.41) is 100. The van der Waals surface area contributed by atoms with Crippen LogP contribution in [0.2, 0.25) is 0 Å². The van der Waals surface area contributed by atoms with Crippen molar-refractivity contribution in [3.8, 4) is 0 Å². The molecule has 2 N–H and O–H groups in total. The van der Waals surface area contributed by atoms with Crippen LogP contribution in [0.25, 0.3) is 0 Å². The van der Waals surface area contributed by atoms with Gasteiger partial charge in [0, 0.05) is 63.1 Å². The van der Waals surface area contributed by atoms with E-state index in [2.05, 4.69) is 19.9 Å². The van der Waals surface area contributed by atoms with Crippen LogP contribution in [-0.4, -0.2) is 98.8 Å². The molecule has 0 saturated carbocycles. The molecule has 4 heterocycles. The summed E-state index contributed by atoms with van der Waals surface area (Å²) in [4.78, 5) is 53.9. The third-order valence-electron chi connectivity index (χ3n) is 6.20. The second kappa shape index (κ2) is 39.5. The van der Waals surface area contributed by atoms with Crippen LogP contribution in [0.1, 0.15) is 22.8 Å². The van der Waals surface area contributed by atoms with Gasteiger partial charge >= 0.3 is 76.3 Å². The van der Waals surface area contributed by atoms with E-state index in [1.807, 2.05) is 82.6 Å². The SMILES string of the molecule is O=[N+]([O-])[O-].O=[N+]([O-])[O-].O=[N+]([O-])[O-].O=[N+]([O-])[O-].[Dy+3].[Dy+3].[O-]C[C@@H](CO)N(Cc1ccccn1)Cc1ccccn1.[O-]C[C@H](CO)N(Cc1ccccn1)Cc1ccccn1. The van der Waals surface area contributed by atoms with E-state index >= 15 is 0 Å². The van der Waals surface area contributed by atoms with Crippen LogP contribution in [0.3, 0.4) is 0 Å². The largest absolute Gasteiger partial charge is 3.00 e. The first-order chi connectivity index (χ1) is 26.6. The number of hydrogen-bond acceptors (Lipinski definition) is 22. The summed E-state index contributed by atoms with van der Waals surface area (Å²) in [6.07, 6.45) is 6.89. The molecule has 0 amide bonds. The van der Waals surface area contributed by atoms with Crippen LogP contribution in [0.4, 0.5) is 0 Å². The minimum absolute atomic E-state index is 0. The van der Waals surface area contributed by atoms with Gasteiger partial charge in [0.2, 0.25) is 0 Å². The predicted octanol–water partition coefficient (Wildman–Crippen LogP) is -0.556. The zero-order valence-corrected chi connectivity index (χ0v) is 33.8. The van der Waals surface area contributed by atoms with Crippen LogP contribution >= 0.6 is 0 Å². The maximum atomic E-state index is 11.2. The van der Waals surface area contributed by atoms with Gasteiger partial charge in [0.25, 0.3) is 0 Å². The minimum atomic E-state index is -1.75. The monoisotopic (exact) mass is 1120 g/mol. The van der Waals surface area contributed by atoms with Crippen molar-refractivity contribution >= 4 is 0 Å². The van der Waals surface area contributed by atoms with Crippen molar-refractivity contribution in [2.45, 2.75) is 38.3 Å². The summed E-state index contributed by atoms with van der Waals surface area (Å²) in [5.74, 6) is 0. The zero-order valence-electron chi connectivity index (χ0n) is 29.8. The zero-order chi connectivity index (χ0) is 42.7. The van der Waals surface area contributed by atoms with Crippen LogP contribution in [0, 0.1) is 138 Å². The van der Waals surface area contributed by atoms with E-state index in [1.165, 1.54) is 0 Å². The van der Waals surface area contributed by atoms with E-state index in [0.29, 0.717) is 26.2 Å². The summed E-state index contributed by atoms with van der Waals surface area (Å²) in [6, 6.07) is 21.8. The molecule has 4 aromatic heterocycles. The first-order valence-electron chi connectivity index (χ1n) is 15.3. The number of pyridine rings is 4. The molecule has 2 radical (unpaired) electrons. The summed E-state index contributed by atoms with van der Waals surface area (Å²) in [6.45, 7) is 1.05. The summed E-state index contributed by atoms with van der Waals surface area (Å²) >= 11 is 0. The first-order valence-corrected chi connectivity index (χ1v) is 15.3. The smallest absolute Gasteiger partial charge is 0.853 e. The average Bonchev–Trinajstić information content (AvgIpc) is 3.14. The third kappa shape index (κ3) is 37.3. The molecule has 58 heavy (non-hydrogen) atoms. The first kappa shape index (κ1) is 60.4. The minimum Gasteiger partial charge on any atom is -0.853 e. The van der Waals surface area contributed by atoms with Gasteiger partial charge < -0.3 is 81.7 Å². The Morgan fingerprint density at radius 1 is 0.448 bits per heavy atom. The molecular weight excluding hydrogens is 1080 g/mol. The Kier molecular flexibility index (Phi) is 41.2. The molecule has 0 aromatic carbocycles. The van der Waals surface area contributed by atoms with E-state index in [0.717, 1.165) is 22.8 Å². The van der Waals surface area contributed by atoms with Gasteiger partial charge in [-0.2, -0.15) is 0 Å². The van der Waals surface area contributed by atoms with Crippen LogP contribution in [0.5, 0.6) is 0 Å². The fourth-order valence-electron chi connectivity index (χ4n) is 3.97. The molecule has 0 unspecified atom stereocenters. The summed E-state index contributed by atoms with van der Waals surface area (Å²) < 4.78 is 0. The van der Waals surface area contributed by atoms with E-state index < -0.39 is 32.4 Å². The molecule has 0 bridgehead atoms. The van der Waals surface area contributed by atoms with Crippen LogP contribution < -0.4 is 10.2 Å². The van der Waals surface area contributed by atoms with E-state index in [-0.39, 0.29) is 103 Å². The molecule has 26 nitrogen and oxygen atoms in total. The topological polar surface area (TPSA) is 409 Å². The fraction of sp³-hybridized carbons (Fsp3) is 0.333. The normalized spacial score (nSPS) is 10.3. The standard InChI is InChI=1S/2C15H18N3O2.2Dy.4NO3/c2*19-11-15(12-20)18(9-13-5-1-3-7-16-13)10-14-6-2-4-8-17-14;;;4*2-1(3)4/h2*1-8,15,19H,9-12H2;;;;;;/q2*-1;2*+3;4*-1/t2*15-;;;;;;/m10....../s1. The van der Waals surface area contributed by atoms with Crippen molar-refractivity contribution in [3.05, 3.63) is 182 Å². The van der Waals surface area contributed by atoms with Gasteiger partial charge in [0.15, 0.2) is 0 Å². The Hall–Kier alpha value is -4.29. The predicted molar refractivity (Wildman–Crippen MR) is 188 cm³/mol. The molecular formula is C30H36Dy2N10O16. The molecule has 28 heteroatoms. The molecule has 2 atom stereocenters. The molecule has 4 rings (SSSR count). The molecule has 0 spiro atoms. The Labute approximate surface area is 390 Å². The molecule has 0 aliphatic carbocycles. The maximum Gasteiger partial charge on any atom is 3.00 e. The molecule has 0 aliphatic heterocycles. The molecule has 0 saturated heterocycles. The second-order valence-corrected chi connectivity index (χ2v) is 9.99. The van der Waals surface area contributed by atoms with Gasteiger partial charge in [0.05, 0.1) is 56.3 Å². The number of hydrogen-bond donors (Lipinski definition) is 2. The van der Waals surface area contributed by atoms with Gasteiger partial charge in [-0.3, -0.25) is 29.7 Å². The van der Waals surface area contributed by atoms with E-state index in [4.69, 9.17) is 61.3 Å². The summed E-state index contributed by atoms with van der Waals surface area (Å²) in [7, 11) is 0. The number of nitrogens with zero attached hydrogens (tertiary/aromatic N) is 10. The molecule has 0 fully saturated rings. The van der Waals surface area contributed by atoms with Crippen molar-refractivity contribution in [1.82, 2.24) is 29.7 Å². The Balaban J connectivity index is -0.000000358. The van der Waals surface area contributed by atoms with Gasteiger partial charge in [0.1, 0.15) is 0 Å². The molecule has 322 valence electrons. The average molecular weight is 1120 g/mol. The number of aromatic nitrogens is 4. The van der Waals surface area contributed by atoms with Gasteiger partial charge in [-0.15, -0.1) is 13.2 Å². The van der Waals surface area contributed by atoms with Crippen molar-refractivity contribution < 1.29 is 117 Å². The summed E-state index contributed by atoms with van der Waals surface area (Å²) in [5.41, 5.74) is 3.48. The van der Waals surface area contributed by atoms with Gasteiger partial charge in [-0.05, 0) is 48.5 Å². The van der Waals surface area contributed by atoms with Crippen molar-refractivity contribution in [2.75, 3.05) is 26.4 Å². The van der Waals surface area contributed by atoms with Crippen LogP contribution in [0.15, 0.2) is 97.6 Å². The van der Waals surface area contributed by atoms with Gasteiger partial charge in [-0.25, -0.2) is 0 Å². The number of rotatable bonds is 14. The number of aliphatic hydroxyl groups is 2. The van der Waals surface area contributed by atoms with Crippen LogP contribution in [-0.2, 0) is 26.2 Å². The van der Waals surface area contributed by atoms with Crippen molar-refractivity contribution in [1.29, 1.82) is 0 Å².